The van der Waals surface area contributed by atoms with Crippen LogP contribution in [0.15, 0.2) is 0 Å². The minimum Gasteiger partial charge on any atom is -0.317 e. The summed E-state index contributed by atoms with van der Waals surface area (Å²) in [4.78, 5) is 2.68. The number of rotatable bonds is 5. The van der Waals surface area contributed by atoms with Crippen molar-refractivity contribution in [3.05, 3.63) is 0 Å². The number of nitrogens with one attached hydrogen (secondary N) is 1. The van der Waals surface area contributed by atoms with Crippen LogP contribution in [-0.4, -0.2) is 37.6 Å². The Morgan fingerprint density at radius 1 is 1.19 bits per heavy atom. The molecule has 1 rings (SSSR count). The van der Waals surface area contributed by atoms with Crippen molar-refractivity contribution in [3.8, 4) is 0 Å². The normalized spacial score (nSPS) is 19.3. The fraction of sp³-hybridized carbons (Fsp3) is 1.00. The highest BCUT2D eigenvalue weighted by atomic mass is 15.1. The van der Waals surface area contributed by atoms with Gasteiger partial charge < -0.3 is 10.2 Å². The minimum atomic E-state index is 0.433. The molecular formula is C14H30N2. The highest BCUT2D eigenvalue weighted by Gasteiger charge is 2.20. The van der Waals surface area contributed by atoms with Gasteiger partial charge in [-0.3, -0.25) is 0 Å². The minimum absolute atomic E-state index is 0.433. The maximum Gasteiger partial charge on any atom is 0.00302 e. The second-order valence-electron chi connectivity index (χ2n) is 6.49. The summed E-state index contributed by atoms with van der Waals surface area (Å²) in [7, 11) is 0. The summed E-state index contributed by atoms with van der Waals surface area (Å²) in [6, 6.07) is 0. The van der Waals surface area contributed by atoms with Gasteiger partial charge in [0.15, 0.2) is 0 Å². The van der Waals surface area contributed by atoms with Gasteiger partial charge in [-0.2, -0.15) is 0 Å². The van der Waals surface area contributed by atoms with Crippen molar-refractivity contribution in [2.45, 2.75) is 47.0 Å². The molecule has 1 heterocycles. The highest BCUT2D eigenvalue weighted by Crippen LogP contribution is 2.19. The monoisotopic (exact) mass is 226 g/mol. The van der Waals surface area contributed by atoms with E-state index in [1.165, 1.54) is 52.0 Å². The van der Waals surface area contributed by atoms with E-state index in [1.54, 1.807) is 0 Å². The lowest BCUT2D eigenvalue weighted by atomic mass is 9.93. The van der Waals surface area contributed by atoms with Crippen molar-refractivity contribution in [1.29, 1.82) is 0 Å². The third-order valence-electron chi connectivity index (χ3n) is 3.21. The molecule has 0 unspecified atom stereocenters. The van der Waals surface area contributed by atoms with Gasteiger partial charge in [0.2, 0.25) is 0 Å². The Bertz CT molecular complexity index is 178. The van der Waals surface area contributed by atoms with Crippen LogP contribution >= 0.6 is 0 Å². The van der Waals surface area contributed by atoms with Crippen molar-refractivity contribution in [2.75, 3.05) is 32.7 Å². The molecule has 0 spiro atoms. The Balaban J connectivity index is 2.36. The molecule has 0 aromatic heterocycles. The second kappa shape index (κ2) is 6.61. The molecule has 0 aromatic carbocycles. The van der Waals surface area contributed by atoms with E-state index in [2.05, 4.69) is 37.9 Å². The molecule has 2 heteroatoms. The molecule has 96 valence electrons. The standard InChI is InChI=1S/C14H30N2/c1-5-10-16(12-14(2,3)4)11-13-6-8-15-9-7-13/h13,15H,5-12H2,1-4H3. The predicted octanol–water partition coefficient (Wildman–Crippen LogP) is 2.74. The zero-order valence-corrected chi connectivity index (χ0v) is 11.7. The van der Waals surface area contributed by atoms with Crippen LogP contribution in [0.3, 0.4) is 0 Å². The van der Waals surface area contributed by atoms with Gasteiger partial charge in [-0.15, -0.1) is 0 Å². The van der Waals surface area contributed by atoms with Gasteiger partial charge in [0.25, 0.3) is 0 Å². The summed E-state index contributed by atoms with van der Waals surface area (Å²) in [5, 5.41) is 3.45. The summed E-state index contributed by atoms with van der Waals surface area (Å²) in [6.45, 7) is 15.6. The molecule has 1 aliphatic rings. The van der Waals surface area contributed by atoms with Crippen molar-refractivity contribution in [2.24, 2.45) is 11.3 Å². The Morgan fingerprint density at radius 3 is 2.31 bits per heavy atom. The third kappa shape index (κ3) is 5.86. The van der Waals surface area contributed by atoms with Gasteiger partial charge in [0, 0.05) is 13.1 Å². The van der Waals surface area contributed by atoms with Gasteiger partial charge in [0.05, 0.1) is 0 Å². The van der Waals surface area contributed by atoms with E-state index in [-0.39, 0.29) is 0 Å². The zero-order valence-electron chi connectivity index (χ0n) is 11.7. The van der Waals surface area contributed by atoms with Crippen LogP contribution in [0, 0.1) is 11.3 Å². The van der Waals surface area contributed by atoms with Gasteiger partial charge in [0.1, 0.15) is 0 Å². The number of hydrogen-bond donors (Lipinski definition) is 1. The molecule has 0 aromatic rings. The van der Waals surface area contributed by atoms with Crippen molar-refractivity contribution >= 4 is 0 Å². The molecular weight excluding hydrogens is 196 g/mol. The van der Waals surface area contributed by atoms with Gasteiger partial charge >= 0.3 is 0 Å². The van der Waals surface area contributed by atoms with Crippen LogP contribution in [0.5, 0.6) is 0 Å². The largest absolute Gasteiger partial charge is 0.317 e. The first kappa shape index (κ1) is 14.0. The van der Waals surface area contributed by atoms with Crippen LogP contribution in [0.2, 0.25) is 0 Å². The van der Waals surface area contributed by atoms with Crippen molar-refractivity contribution < 1.29 is 0 Å². The van der Waals surface area contributed by atoms with Crippen molar-refractivity contribution in [1.82, 2.24) is 10.2 Å². The first-order valence-electron chi connectivity index (χ1n) is 6.94. The SMILES string of the molecule is CCCN(CC1CCNCC1)CC(C)(C)C. The first-order chi connectivity index (χ1) is 7.51. The summed E-state index contributed by atoms with van der Waals surface area (Å²) in [5.74, 6) is 0.926. The van der Waals surface area contributed by atoms with Crippen molar-refractivity contribution in [3.63, 3.8) is 0 Å². The van der Waals surface area contributed by atoms with E-state index in [0.717, 1.165) is 5.92 Å². The molecule has 16 heavy (non-hydrogen) atoms. The Hall–Kier alpha value is -0.0800. The molecule has 0 saturated carbocycles. The molecule has 2 nitrogen and oxygen atoms in total. The van der Waals surface area contributed by atoms with E-state index in [9.17, 15) is 0 Å². The molecule has 0 radical (unpaired) electrons. The summed E-state index contributed by atoms with van der Waals surface area (Å²) in [5.41, 5.74) is 0.433. The lowest BCUT2D eigenvalue weighted by Crippen LogP contribution is -2.40. The topological polar surface area (TPSA) is 15.3 Å². The second-order valence-corrected chi connectivity index (χ2v) is 6.49. The predicted molar refractivity (Wildman–Crippen MR) is 71.8 cm³/mol. The van der Waals surface area contributed by atoms with Crippen LogP contribution in [0.1, 0.15) is 47.0 Å². The van der Waals surface area contributed by atoms with E-state index < -0.39 is 0 Å². The summed E-state index contributed by atoms with van der Waals surface area (Å²) < 4.78 is 0. The highest BCUT2D eigenvalue weighted by molar-refractivity contribution is 4.75. The third-order valence-corrected chi connectivity index (χ3v) is 3.21. The Labute approximate surface area is 102 Å². The quantitative estimate of drug-likeness (QED) is 0.775. The molecule has 1 fully saturated rings. The number of hydrogen-bond acceptors (Lipinski definition) is 2. The van der Waals surface area contributed by atoms with Gasteiger partial charge in [-0.1, -0.05) is 27.7 Å². The zero-order chi connectivity index (χ0) is 12.0. The average molecular weight is 226 g/mol. The molecule has 1 N–H and O–H groups in total. The fourth-order valence-corrected chi connectivity index (χ4v) is 2.65. The first-order valence-corrected chi connectivity index (χ1v) is 6.94. The van der Waals surface area contributed by atoms with Crippen LogP contribution in [-0.2, 0) is 0 Å². The maximum atomic E-state index is 3.45. The van der Waals surface area contributed by atoms with Gasteiger partial charge in [-0.25, -0.2) is 0 Å². The maximum absolute atomic E-state index is 3.45. The molecule has 0 atom stereocenters. The van der Waals surface area contributed by atoms with E-state index in [0.29, 0.717) is 5.41 Å². The van der Waals surface area contributed by atoms with E-state index in [1.807, 2.05) is 0 Å². The number of piperidine rings is 1. The lowest BCUT2D eigenvalue weighted by Gasteiger charge is -2.34. The van der Waals surface area contributed by atoms with Crippen LogP contribution in [0.25, 0.3) is 0 Å². The molecule has 1 saturated heterocycles. The molecule has 1 aliphatic heterocycles. The smallest absolute Gasteiger partial charge is 0.00302 e. The Morgan fingerprint density at radius 2 is 1.81 bits per heavy atom. The van der Waals surface area contributed by atoms with Crippen LogP contribution < -0.4 is 5.32 Å². The summed E-state index contributed by atoms with van der Waals surface area (Å²) >= 11 is 0. The van der Waals surface area contributed by atoms with E-state index in [4.69, 9.17) is 0 Å². The fourth-order valence-electron chi connectivity index (χ4n) is 2.65. The summed E-state index contributed by atoms with van der Waals surface area (Å²) in [6.07, 6.45) is 4.01. The van der Waals surface area contributed by atoms with E-state index >= 15 is 0 Å². The Kier molecular flexibility index (Phi) is 5.77. The van der Waals surface area contributed by atoms with Crippen LogP contribution in [0.4, 0.5) is 0 Å². The average Bonchev–Trinajstić information content (AvgIpc) is 2.17. The molecule has 0 bridgehead atoms. The van der Waals surface area contributed by atoms with Gasteiger partial charge in [-0.05, 0) is 50.2 Å². The molecule has 0 amide bonds. The lowest BCUT2D eigenvalue weighted by molar-refractivity contribution is 0.153. The number of nitrogens with zero attached hydrogens (tertiary/aromatic N) is 1. The molecule has 0 aliphatic carbocycles.